The average molecular weight is 241 g/mol. The second kappa shape index (κ2) is 4.29. The zero-order valence-electron chi connectivity index (χ0n) is 11.0. The van der Waals surface area contributed by atoms with Gasteiger partial charge in [-0.1, -0.05) is 24.3 Å². The van der Waals surface area contributed by atoms with E-state index in [1.807, 2.05) is 6.07 Å². The molecule has 0 unspecified atom stereocenters. The van der Waals surface area contributed by atoms with E-state index in [1.165, 1.54) is 35.6 Å². The molecule has 2 aromatic rings. The molecule has 3 rings (SSSR count). The lowest BCUT2D eigenvalue weighted by Gasteiger charge is -2.43. The highest BCUT2D eigenvalue weighted by atomic mass is 16.5. The third-order valence-corrected chi connectivity index (χ3v) is 4.29. The van der Waals surface area contributed by atoms with Gasteiger partial charge < -0.3 is 10.1 Å². The summed E-state index contributed by atoms with van der Waals surface area (Å²) in [5.74, 6) is 0.931. The van der Waals surface area contributed by atoms with E-state index in [9.17, 15) is 0 Å². The smallest absolute Gasteiger partial charge is 0.119 e. The van der Waals surface area contributed by atoms with Gasteiger partial charge in [-0.15, -0.1) is 0 Å². The molecule has 0 spiro atoms. The molecule has 2 heteroatoms. The van der Waals surface area contributed by atoms with Gasteiger partial charge in [-0.05, 0) is 54.8 Å². The summed E-state index contributed by atoms with van der Waals surface area (Å²) in [6.07, 6.45) is 3.75. The monoisotopic (exact) mass is 241 g/mol. The van der Waals surface area contributed by atoms with E-state index in [0.29, 0.717) is 0 Å². The van der Waals surface area contributed by atoms with E-state index < -0.39 is 0 Å². The van der Waals surface area contributed by atoms with Crippen LogP contribution in [0, 0.1) is 0 Å². The zero-order chi connectivity index (χ0) is 12.6. The summed E-state index contributed by atoms with van der Waals surface area (Å²) >= 11 is 0. The number of hydrogen-bond acceptors (Lipinski definition) is 2. The van der Waals surface area contributed by atoms with E-state index in [0.717, 1.165) is 5.75 Å². The minimum absolute atomic E-state index is 0.172. The highest BCUT2D eigenvalue weighted by molar-refractivity contribution is 5.88. The zero-order valence-corrected chi connectivity index (χ0v) is 11.0. The fourth-order valence-electron chi connectivity index (χ4n) is 2.98. The Bertz CT molecular complexity index is 567. The first-order valence-electron chi connectivity index (χ1n) is 6.55. The fourth-order valence-corrected chi connectivity index (χ4v) is 2.98. The topological polar surface area (TPSA) is 21.3 Å². The van der Waals surface area contributed by atoms with Crippen molar-refractivity contribution in [2.45, 2.75) is 24.8 Å². The molecule has 0 atom stereocenters. The summed E-state index contributed by atoms with van der Waals surface area (Å²) in [6, 6.07) is 12.9. The van der Waals surface area contributed by atoms with Gasteiger partial charge >= 0.3 is 0 Å². The summed E-state index contributed by atoms with van der Waals surface area (Å²) in [5, 5.41) is 6.12. The van der Waals surface area contributed by atoms with Gasteiger partial charge in [-0.2, -0.15) is 0 Å². The van der Waals surface area contributed by atoms with Crippen molar-refractivity contribution in [2.75, 3.05) is 14.2 Å². The quantitative estimate of drug-likeness (QED) is 0.888. The van der Waals surface area contributed by atoms with Crippen LogP contribution in [-0.4, -0.2) is 14.2 Å². The predicted octanol–water partition coefficient (Wildman–Crippen LogP) is 3.45. The molecular formula is C16H19NO. The molecule has 94 valence electrons. The van der Waals surface area contributed by atoms with E-state index >= 15 is 0 Å². The largest absolute Gasteiger partial charge is 0.497 e. The summed E-state index contributed by atoms with van der Waals surface area (Å²) in [7, 11) is 3.79. The van der Waals surface area contributed by atoms with Crippen molar-refractivity contribution in [3.63, 3.8) is 0 Å². The van der Waals surface area contributed by atoms with Crippen LogP contribution in [0.15, 0.2) is 36.4 Å². The molecule has 1 saturated carbocycles. The Morgan fingerprint density at radius 2 is 2.00 bits per heavy atom. The van der Waals surface area contributed by atoms with Crippen molar-refractivity contribution in [1.82, 2.24) is 5.32 Å². The van der Waals surface area contributed by atoms with E-state index in [1.54, 1.807) is 7.11 Å². The molecular weight excluding hydrogens is 222 g/mol. The van der Waals surface area contributed by atoms with E-state index in [2.05, 4.69) is 42.7 Å². The molecule has 1 fully saturated rings. The Hall–Kier alpha value is -1.54. The number of benzene rings is 2. The SMILES string of the molecule is CNC1(c2cccc3ccc(OC)cc23)CCC1. The van der Waals surface area contributed by atoms with Crippen LogP contribution in [0.5, 0.6) is 5.75 Å². The first kappa shape index (κ1) is 11.5. The molecule has 18 heavy (non-hydrogen) atoms. The maximum atomic E-state index is 5.35. The lowest BCUT2D eigenvalue weighted by Crippen LogP contribution is -2.46. The normalized spacial score (nSPS) is 17.4. The van der Waals surface area contributed by atoms with Crippen LogP contribution in [0.1, 0.15) is 24.8 Å². The average Bonchev–Trinajstić information content (AvgIpc) is 2.38. The van der Waals surface area contributed by atoms with Gasteiger partial charge in [0, 0.05) is 5.54 Å². The van der Waals surface area contributed by atoms with Gasteiger partial charge in [0.15, 0.2) is 0 Å². The Morgan fingerprint density at radius 3 is 2.61 bits per heavy atom. The number of methoxy groups -OCH3 is 1. The standard InChI is InChI=1S/C16H19NO/c1-17-16(9-4-10-16)15-6-3-5-12-7-8-13(18-2)11-14(12)15/h3,5-8,11,17H,4,9-10H2,1-2H3. The molecule has 0 amide bonds. The Morgan fingerprint density at radius 1 is 1.17 bits per heavy atom. The molecule has 2 aromatic carbocycles. The van der Waals surface area contributed by atoms with Crippen LogP contribution in [-0.2, 0) is 5.54 Å². The maximum Gasteiger partial charge on any atom is 0.119 e. The van der Waals surface area contributed by atoms with Crippen LogP contribution in [0.3, 0.4) is 0 Å². The van der Waals surface area contributed by atoms with Gasteiger partial charge in [0.2, 0.25) is 0 Å². The number of ether oxygens (including phenoxy) is 1. The summed E-state index contributed by atoms with van der Waals surface area (Å²) in [5.41, 5.74) is 1.58. The molecule has 1 N–H and O–H groups in total. The lowest BCUT2D eigenvalue weighted by atomic mass is 9.70. The van der Waals surface area contributed by atoms with Gasteiger partial charge in [-0.3, -0.25) is 0 Å². The number of fused-ring (bicyclic) bond motifs is 1. The molecule has 0 radical (unpaired) electrons. The number of hydrogen-bond donors (Lipinski definition) is 1. The maximum absolute atomic E-state index is 5.35. The summed E-state index contributed by atoms with van der Waals surface area (Å²) in [6.45, 7) is 0. The van der Waals surface area contributed by atoms with Gasteiger partial charge in [-0.25, -0.2) is 0 Å². The second-order valence-electron chi connectivity index (χ2n) is 5.08. The van der Waals surface area contributed by atoms with E-state index in [4.69, 9.17) is 4.74 Å². The third-order valence-electron chi connectivity index (χ3n) is 4.29. The Labute approximate surface area is 108 Å². The molecule has 1 aliphatic carbocycles. The van der Waals surface area contributed by atoms with Crippen LogP contribution in [0.4, 0.5) is 0 Å². The molecule has 1 aliphatic rings. The summed E-state index contributed by atoms with van der Waals surface area (Å²) < 4.78 is 5.35. The Kier molecular flexibility index (Phi) is 2.75. The summed E-state index contributed by atoms with van der Waals surface area (Å²) in [4.78, 5) is 0. The minimum Gasteiger partial charge on any atom is -0.497 e. The van der Waals surface area contributed by atoms with Crippen LogP contribution in [0.2, 0.25) is 0 Å². The van der Waals surface area contributed by atoms with Crippen molar-refractivity contribution >= 4 is 10.8 Å². The second-order valence-corrected chi connectivity index (χ2v) is 5.08. The highest BCUT2D eigenvalue weighted by Gasteiger charge is 2.37. The molecule has 0 aliphatic heterocycles. The Balaban J connectivity index is 2.21. The first-order valence-corrected chi connectivity index (χ1v) is 6.55. The minimum atomic E-state index is 0.172. The van der Waals surface area contributed by atoms with Crippen molar-refractivity contribution in [3.05, 3.63) is 42.0 Å². The van der Waals surface area contributed by atoms with Crippen LogP contribution >= 0.6 is 0 Å². The van der Waals surface area contributed by atoms with Crippen LogP contribution in [0.25, 0.3) is 10.8 Å². The third kappa shape index (κ3) is 1.60. The van der Waals surface area contributed by atoms with Crippen molar-refractivity contribution < 1.29 is 4.74 Å². The fraction of sp³-hybridized carbons (Fsp3) is 0.375. The molecule has 0 aromatic heterocycles. The van der Waals surface area contributed by atoms with Gasteiger partial charge in [0.1, 0.15) is 5.75 Å². The predicted molar refractivity (Wildman–Crippen MR) is 75.1 cm³/mol. The first-order chi connectivity index (χ1) is 8.79. The highest BCUT2D eigenvalue weighted by Crippen LogP contribution is 2.44. The van der Waals surface area contributed by atoms with Crippen LogP contribution < -0.4 is 10.1 Å². The van der Waals surface area contributed by atoms with E-state index in [-0.39, 0.29) is 5.54 Å². The van der Waals surface area contributed by atoms with Crippen molar-refractivity contribution in [2.24, 2.45) is 0 Å². The molecule has 0 saturated heterocycles. The van der Waals surface area contributed by atoms with Gasteiger partial charge in [0.05, 0.1) is 7.11 Å². The number of rotatable bonds is 3. The molecule has 0 bridgehead atoms. The van der Waals surface area contributed by atoms with Crippen molar-refractivity contribution in [1.29, 1.82) is 0 Å². The van der Waals surface area contributed by atoms with Crippen molar-refractivity contribution in [3.8, 4) is 5.75 Å². The molecule has 0 heterocycles. The number of nitrogens with one attached hydrogen (secondary N) is 1. The molecule has 2 nitrogen and oxygen atoms in total. The van der Waals surface area contributed by atoms with Gasteiger partial charge in [0.25, 0.3) is 0 Å². The lowest BCUT2D eigenvalue weighted by molar-refractivity contribution is 0.203.